The average Bonchev–Trinajstić information content (AvgIpc) is 3.09. The number of halogens is 1. The fourth-order valence-electron chi connectivity index (χ4n) is 3.69. The van der Waals surface area contributed by atoms with Gasteiger partial charge in [-0.2, -0.15) is 0 Å². The van der Waals surface area contributed by atoms with Crippen LogP contribution in [0.15, 0.2) is 71.7 Å². The molecule has 10 nitrogen and oxygen atoms in total. The Morgan fingerprint density at radius 1 is 1.08 bits per heavy atom. The molecule has 4 rings (SSSR count). The van der Waals surface area contributed by atoms with E-state index in [1.807, 2.05) is 6.07 Å². The topological polar surface area (TPSA) is 133 Å². The van der Waals surface area contributed by atoms with Crippen molar-refractivity contribution >= 4 is 23.3 Å². The number of aromatic nitrogens is 3. The molecule has 2 amide bonds. The predicted molar refractivity (Wildman–Crippen MR) is 137 cm³/mol. The standard InChI is InChI=1S/C26H25FN6O4/c1-16-24(26(36)33(32(16)2)18-6-4-3-5-7-18)25(35)30-17-8-9-21(20(27)14-17)37-19-11-13-29-22(15-19)31-23(34)10-12-28/h3-9,11,13-15H,10,12,28H2,1-2H3,(H,30,35)(H,29,31,34). The Balaban J connectivity index is 1.51. The minimum absolute atomic E-state index is 0.0481. The number of hydrogen-bond acceptors (Lipinski definition) is 6. The van der Waals surface area contributed by atoms with Crippen LogP contribution in [0.3, 0.4) is 0 Å². The van der Waals surface area contributed by atoms with Crippen molar-refractivity contribution in [2.75, 3.05) is 17.2 Å². The minimum Gasteiger partial charge on any atom is -0.454 e. The second kappa shape index (κ2) is 10.9. The average molecular weight is 505 g/mol. The highest BCUT2D eigenvalue weighted by molar-refractivity contribution is 6.05. The van der Waals surface area contributed by atoms with Gasteiger partial charge in [-0.05, 0) is 37.3 Å². The highest BCUT2D eigenvalue weighted by Crippen LogP contribution is 2.28. The zero-order chi connectivity index (χ0) is 26.5. The van der Waals surface area contributed by atoms with Gasteiger partial charge in [0, 0.05) is 44.0 Å². The number of rotatable bonds is 8. The van der Waals surface area contributed by atoms with Gasteiger partial charge in [-0.3, -0.25) is 19.1 Å². The summed E-state index contributed by atoms with van der Waals surface area (Å²) in [6.07, 6.45) is 1.54. The number of nitrogens with one attached hydrogen (secondary N) is 2. The van der Waals surface area contributed by atoms with Crippen LogP contribution in [-0.4, -0.2) is 32.7 Å². The van der Waals surface area contributed by atoms with Gasteiger partial charge in [0.05, 0.1) is 11.4 Å². The third-order valence-electron chi connectivity index (χ3n) is 5.57. The second-order valence-corrected chi connectivity index (χ2v) is 8.10. The Bertz CT molecular complexity index is 1510. The van der Waals surface area contributed by atoms with Crippen molar-refractivity contribution in [1.82, 2.24) is 14.3 Å². The summed E-state index contributed by atoms with van der Waals surface area (Å²) in [6.45, 7) is 1.86. The van der Waals surface area contributed by atoms with Gasteiger partial charge in [-0.15, -0.1) is 0 Å². The summed E-state index contributed by atoms with van der Waals surface area (Å²) in [4.78, 5) is 41.7. The van der Waals surface area contributed by atoms with Crippen molar-refractivity contribution in [3.63, 3.8) is 0 Å². The van der Waals surface area contributed by atoms with Crippen molar-refractivity contribution in [3.8, 4) is 17.2 Å². The number of carbonyl (C=O) groups is 2. The summed E-state index contributed by atoms with van der Waals surface area (Å²) in [6, 6.07) is 15.8. The number of benzene rings is 2. The number of anilines is 2. The molecule has 0 aliphatic carbocycles. The summed E-state index contributed by atoms with van der Waals surface area (Å²) >= 11 is 0. The third kappa shape index (κ3) is 5.57. The van der Waals surface area contributed by atoms with E-state index in [1.165, 1.54) is 35.1 Å². The molecule has 0 saturated carbocycles. The molecule has 2 aromatic carbocycles. The fourth-order valence-corrected chi connectivity index (χ4v) is 3.69. The van der Waals surface area contributed by atoms with Crippen molar-refractivity contribution in [3.05, 3.63) is 94.3 Å². The summed E-state index contributed by atoms with van der Waals surface area (Å²) in [7, 11) is 1.68. The fraction of sp³-hybridized carbons (Fsp3) is 0.154. The first-order chi connectivity index (χ1) is 17.8. The maximum atomic E-state index is 14.8. The molecule has 37 heavy (non-hydrogen) atoms. The molecule has 2 heterocycles. The largest absolute Gasteiger partial charge is 0.454 e. The predicted octanol–water partition coefficient (Wildman–Crippen LogP) is 3.35. The SMILES string of the molecule is Cc1c(C(=O)Nc2ccc(Oc3ccnc(NC(=O)CCN)c3)c(F)c2)c(=O)n(-c2ccccc2)n1C. The highest BCUT2D eigenvalue weighted by Gasteiger charge is 2.22. The quantitative estimate of drug-likeness (QED) is 0.337. The number of carbonyl (C=O) groups excluding carboxylic acids is 2. The molecule has 0 saturated heterocycles. The van der Waals surface area contributed by atoms with Crippen molar-refractivity contribution in [2.45, 2.75) is 13.3 Å². The van der Waals surface area contributed by atoms with Crippen molar-refractivity contribution in [2.24, 2.45) is 12.8 Å². The van der Waals surface area contributed by atoms with Gasteiger partial charge in [0.1, 0.15) is 17.1 Å². The Morgan fingerprint density at radius 3 is 2.54 bits per heavy atom. The molecule has 0 fully saturated rings. The minimum atomic E-state index is -0.741. The van der Waals surface area contributed by atoms with E-state index in [0.29, 0.717) is 11.4 Å². The van der Waals surface area contributed by atoms with Crippen molar-refractivity contribution < 1.29 is 18.7 Å². The van der Waals surface area contributed by atoms with Gasteiger partial charge in [0.15, 0.2) is 11.6 Å². The van der Waals surface area contributed by atoms with Gasteiger partial charge in [-0.1, -0.05) is 18.2 Å². The number of nitrogens with zero attached hydrogens (tertiary/aromatic N) is 3. The van der Waals surface area contributed by atoms with E-state index in [9.17, 15) is 18.8 Å². The lowest BCUT2D eigenvalue weighted by atomic mass is 10.2. The zero-order valence-corrected chi connectivity index (χ0v) is 20.2. The maximum absolute atomic E-state index is 14.8. The zero-order valence-electron chi connectivity index (χ0n) is 20.2. The number of para-hydroxylation sites is 1. The van der Waals surface area contributed by atoms with E-state index in [2.05, 4.69) is 15.6 Å². The van der Waals surface area contributed by atoms with Crippen LogP contribution in [0.25, 0.3) is 5.69 Å². The van der Waals surface area contributed by atoms with E-state index in [-0.39, 0.29) is 47.4 Å². The van der Waals surface area contributed by atoms with Crippen LogP contribution >= 0.6 is 0 Å². The Hall–Kier alpha value is -4.77. The van der Waals surface area contributed by atoms with Gasteiger partial charge < -0.3 is 21.1 Å². The third-order valence-corrected chi connectivity index (χ3v) is 5.57. The molecule has 4 aromatic rings. The summed E-state index contributed by atoms with van der Waals surface area (Å²) in [5, 5.41) is 5.15. The first-order valence-electron chi connectivity index (χ1n) is 11.4. The Morgan fingerprint density at radius 2 is 1.84 bits per heavy atom. The Kier molecular flexibility index (Phi) is 7.44. The molecule has 11 heteroatoms. The lowest BCUT2D eigenvalue weighted by molar-refractivity contribution is -0.116. The molecule has 0 spiro atoms. The van der Waals surface area contributed by atoms with E-state index in [0.717, 1.165) is 6.07 Å². The molecular weight excluding hydrogens is 479 g/mol. The van der Waals surface area contributed by atoms with Crippen molar-refractivity contribution in [1.29, 1.82) is 0 Å². The van der Waals surface area contributed by atoms with Gasteiger partial charge in [-0.25, -0.2) is 14.1 Å². The molecule has 2 aromatic heterocycles. The molecule has 0 aliphatic heterocycles. The molecule has 0 unspecified atom stereocenters. The van der Waals surface area contributed by atoms with E-state index < -0.39 is 17.3 Å². The monoisotopic (exact) mass is 504 g/mol. The summed E-state index contributed by atoms with van der Waals surface area (Å²) < 4.78 is 23.4. The summed E-state index contributed by atoms with van der Waals surface area (Å²) in [5.41, 5.74) is 6.04. The summed E-state index contributed by atoms with van der Waals surface area (Å²) in [5.74, 6) is -1.33. The number of ether oxygens (including phenoxy) is 1. The van der Waals surface area contributed by atoms with Crippen LogP contribution in [0.5, 0.6) is 11.5 Å². The van der Waals surface area contributed by atoms with E-state index in [4.69, 9.17) is 10.5 Å². The van der Waals surface area contributed by atoms with Gasteiger partial charge in [0.2, 0.25) is 5.91 Å². The first kappa shape index (κ1) is 25.3. The van der Waals surface area contributed by atoms with Gasteiger partial charge in [0.25, 0.3) is 11.5 Å². The number of hydrogen-bond donors (Lipinski definition) is 3. The van der Waals surface area contributed by atoms with Crippen LogP contribution in [0.1, 0.15) is 22.5 Å². The lowest BCUT2D eigenvalue weighted by Crippen LogP contribution is -2.25. The first-order valence-corrected chi connectivity index (χ1v) is 11.4. The Labute approximate surface area is 211 Å². The van der Waals surface area contributed by atoms with E-state index >= 15 is 0 Å². The molecular formula is C26H25FN6O4. The highest BCUT2D eigenvalue weighted by atomic mass is 19.1. The molecule has 0 radical (unpaired) electrons. The maximum Gasteiger partial charge on any atom is 0.284 e. The number of amides is 2. The molecule has 0 atom stereocenters. The molecule has 190 valence electrons. The normalized spacial score (nSPS) is 10.7. The van der Waals surface area contributed by atoms with E-state index in [1.54, 1.807) is 42.9 Å². The smallest absolute Gasteiger partial charge is 0.284 e. The van der Waals surface area contributed by atoms with Crippen LogP contribution in [-0.2, 0) is 11.8 Å². The molecule has 4 N–H and O–H groups in total. The molecule has 0 bridgehead atoms. The lowest BCUT2D eigenvalue weighted by Gasteiger charge is -2.10. The van der Waals surface area contributed by atoms with Crippen LogP contribution in [0.2, 0.25) is 0 Å². The second-order valence-electron chi connectivity index (χ2n) is 8.10. The van der Waals surface area contributed by atoms with Crippen LogP contribution in [0.4, 0.5) is 15.9 Å². The number of nitrogens with two attached hydrogens (primary N) is 1. The van der Waals surface area contributed by atoms with Crippen LogP contribution in [0, 0.1) is 12.7 Å². The van der Waals surface area contributed by atoms with Crippen LogP contribution < -0.4 is 26.7 Å². The molecule has 0 aliphatic rings. The van der Waals surface area contributed by atoms with Gasteiger partial charge >= 0.3 is 0 Å². The number of pyridine rings is 1.